The lowest BCUT2D eigenvalue weighted by atomic mass is 10.2. The van der Waals surface area contributed by atoms with Crippen LogP contribution >= 0.6 is 0 Å². The van der Waals surface area contributed by atoms with Crippen molar-refractivity contribution in [1.82, 2.24) is 4.98 Å². The quantitative estimate of drug-likeness (QED) is 0.907. The number of hydrogen-bond acceptors (Lipinski definition) is 3. The number of hydrogen-bond donors (Lipinski definition) is 1. The van der Waals surface area contributed by atoms with Crippen LogP contribution in [0.5, 0.6) is 5.75 Å². The topological polar surface area (TPSA) is 34.1 Å². The Balaban J connectivity index is 1.99. The molecule has 0 radical (unpaired) electrons. The molecule has 6 heteroatoms. The van der Waals surface area contributed by atoms with Crippen molar-refractivity contribution in [3.05, 3.63) is 53.6 Å². The van der Waals surface area contributed by atoms with Gasteiger partial charge in [-0.05, 0) is 30.7 Å². The van der Waals surface area contributed by atoms with Crippen molar-refractivity contribution in [1.29, 1.82) is 0 Å². The fourth-order valence-electron chi connectivity index (χ4n) is 1.61. The molecule has 2 aromatic rings. The van der Waals surface area contributed by atoms with Crippen molar-refractivity contribution in [3.8, 4) is 5.75 Å². The van der Waals surface area contributed by atoms with Crippen LogP contribution in [-0.2, 0) is 6.54 Å². The molecule has 2 rings (SSSR count). The second kappa shape index (κ2) is 6.27. The molecule has 0 aliphatic rings. The zero-order chi connectivity index (χ0) is 14.5. The molecule has 20 heavy (non-hydrogen) atoms. The highest BCUT2D eigenvalue weighted by Gasteiger charge is 2.10. The summed E-state index contributed by atoms with van der Waals surface area (Å²) in [6.07, 6.45) is 1.72. The van der Waals surface area contributed by atoms with Crippen molar-refractivity contribution in [2.75, 3.05) is 5.32 Å². The van der Waals surface area contributed by atoms with Gasteiger partial charge >= 0.3 is 6.61 Å². The largest absolute Gasteiger partial charge is 0.432 e. The van der Waals surface area contributed by atoms with Gasteiger partial charge in [-0.2, -0.15) is 8.78 Å². The molecule has 0 atom stereocenters. The van der Waals surface area contributed by atoms with Gasteiger partial charge in [0.25, 0.3) is 0 Å². The summed E-state index contributed by atoms with van der Waals surface area (Å²) in [5.41, 5.74) is 2.32. The summed E-state index contributed by atoms with van der Waals surface area (Å²) < 4.78 is 41.5. The molecule has 1 aromatic heterocycles. The van der Waals surface area contributed by atoms with Gasteiger partial charge in [-0.3, -0.25) is 4.98 Å². The van der Waals surface area contributed by atoms with Gasteiger partial charge in [0.05, 0.1) is 0 Å². The number of nitrogens with one attached hydrogen (secondary N) is 1. The number of halogens is 3. The zero-order valence-electron chi connectivity index (χ0n) is 10.7. The molecule has 0 aliphatic carbocycles. The average molecular weight is 282 g/mol. The van der Waals surface area contributed by atoms with Gasteiger partial charge in [0.15, 0.2) is 11.6 Å². The fourth-order valence-corrected chi connectivity index (χ4v) is 1.61. The predicted octanol–water partition coefficient (Wildman–Crippen LogP) is 3.74. The lowest BCUT2D eigenvalue weighted by Gasteiger charge is -2.09. The van der Waals surface area contributed by atoms with Crippen molar-refractivity contribution in [3.63, 3.8) is 0 Å². The van der Waals surface area contributed by atoms with E-state index in [9.17, 15) is 13.2 Å². The molecule has 1 N–H and O–H groups in total. The number of alkyl halides is 2. The first-order valence-corrected chi connectivity index (χ1v) is 5.94. The summed E-state index contributed by atoms with van der Waals surface area (Å²) in [5.74, 6) is -1.31. The van der Waals surface area contributed by atoms with Crippen LogP contribution in [0.25, 0.3) is 0 Å². The van der Waals surface area contributed by atoms with Crippen LogP contribution in [0.1, 0.15) is 11.3 Å². The molecule has 0 saturated heterocycles. The molecule has 1 heterocycles. The number of anilines is 1. The van der Waals surface area contributed by atoms with Crippen LogP contribution in [0.4, 0.5) is 18.9 Å². The van der Waals surface area contributed by atoms with E-state index in [1.165, 1.54) is 6.07 Å². The molecular formula is C14H13F3N2O. The molecule has 0 spiro atoms. The summed E-state index contributed by atoms with van der Waals surface area (Å²) in [5, 5.41) is 2.98. The summed E-state index contributed by atoms with van der Waals surface area (Å²) in [6.45, 7) is -0.697. The predicted molar refractivity (Wildman–Crippen MR) is 69.3 cm³/mol. The van der Waals surface area contributed by atoms with E-state index >= 15 is 0 Å². The molecule has 0 aliphatic heterocycles. The number of rotatable bonds is 5. The first-order chi connectivity index (χ1) is 9.54. The van der Waals surface area contributed by atoms with Crippen molar-refractivity contribution >= 4 is 5.69 Å². The third-order valence-electron chi connectivity index (χ3n) is 2.62. The molecular weight excluding hydrogens is 269 g/mol. The molecule has 1 aromatic carbocycles. The van der Waals surface area contributed by atoms with Gasteiger partial charge in [0, 0.05) is 30.2 Å². The minimum Gasteiger partial charge on any atom is -0.432 e. The fraction of sp³-hybridized carbons (Fsp3) is 0.214. The second-order valence-electron chi connectivity index (χ2n) is 4.19. The Hall–Kier alpha value is -2.24. The van der Waals surface area contributed by atoms with Gasteiger partial charge in [-0.25, -0.2) is 4.39 Å². The Kier molecular flexibility index (Phi) is 4.45. The SMILES string of the molecule is Cc1ccc(CNc2ccc(OC(F)F)c(F)c2)cn1. The van der Waals surface area contributed by atoms with E-state index in [4.69, 9.17) is 0 Å². The van der Waals surface area contributed by atoms with E-state index in [-0.39, 0.29) is 0 Å². The Labute approximate surface area is 114 Å². The van der Waals surface area contributed by atoms with Crippen LogP contribution in [0.15, 0.2) is 36.5 Å². The monoisotopic (exact) mass is 282 g/mol. The summed E-state index contributed by atoms with van der Waals surface area (Å²) in [6, 6.07) is 7.52. The van der Waals surface area contributed by atoms with Gasteiger partial charge < -0.3 is 10.1 Å². The van der Waals surface area contributed by atoms with Gasteiger partial charge in [-0.1, -0.05) is 6.07 Å². The molecule has 0 saturated carbocycles. The average Bonchev–Trinajstić information content (AvgIpc) is 2.40. The highest BCUT2D eigenvalue weighted by Crippen LogP contribution is 2.23. The highest BCUT2D eigenvalue weighted by molar-refractivity contribution is 5.47. The first kappa shape index (κ1) is 14.2. The van der Waals surface area contributed by atoms with Gasteiger partial charge in [0.2, 0.25) is 0 Å². The highest BCUT2D eigenvalue weighted by atomic mass is 19.3. The maximum absolute atomic E-state index is 13.5. The molecule has 0 unspecified atom stereocenters. The van der Waals surface area contributed by atoms with Crippen LogP contribution in [0.2, 0.25) is 0 Å². The maximum Gasteiger partial charge on any atom is 0.387 e. The normalized spacial score (nSPS) is 10.7. The zero-order valence-corrected chi connectivity index (χ0v) is 10.7. The van der Waals surface area contributed by atoms with Crippen LogP contribution < -0.4 is 10.1 Å². The standard InChI is InChI=1S/C14H13F3N2O/c1-9-2-3-10(7-18-9)8-19-11-4-5-13(12(15)6-11)20-14(16)17/h2-7,14,19H,8H2,1H3. The lowest BCUT2D eigenvalue weighted by molar-refractivity contribution is -0.0521. The number of aromatic nitrogens is 1. The third-order valence-corrected chi connectivity index (χ3v) is 2.62. The third kappa shape index (κ3) is 3.88. The first-order valence-electron chi connectivity index (χ1n) is 5.94. The number of pyridine rings is 1. The Bertz CT molecular complexity index is 573. The Morgan fingerprint density at radius 3 is 2.65 bits per heavy atom. The van der Waals surface area contributed by atoms with Gasteiger partial charge in [-0.15, -0.1) is 0 Å². The van der Waals surface area contributed by atoms with Crippen molar-refractivity contribution in [2.45, 2.75) is 20.1 Å². The maximum atomic E-state index is 13.5. The van der Waals surface area contributed by atoms with Crippen LogP contribution in [-0.4, -0.2) is 11.6 Å². The van der Waals surface area contributed by atoms with Crippen molar-refractivity contribution in [2.24, 2.45) is 0 Å². The van der Waals surface area contributed by atoms with E-state index in [2.05, 4.69) is 15.0 Å². The Morgan fingerprint density at radius 2 is 2.05 bits per heavy atom. The smallest absolute Gasteiger partial charge is 0.387 e. The second-order valence-corrected chi connectivity index (χ2v) is 4.19. The van der Waals surface area contributed by atoms with Crippen LogP contribution in [0.3, 0.4) is 0 Å². The van der Waals surface area contributed by atoms with Gasteiger partial charge in [0.1, 0.15) is 0 Å². The summed E-state index contributed by atoms with van der Waals surface area (Å²) in [4.78, 5) is 4.14. The van der Waals surface area contributed by atoms with Crippen molar-refractivity contribution < 1.29 is 17.9 Å². The number of aryl methyl sites for hydroxylation is 1. The van der Waals surface area contributed by atoms with E-state index in [0.717, 1.165) is 23.4 Å². The minimum atomic E-state index is -3.04. The van der Waals surface area contributed by atoms with E-state index in [1.807, 2.05) is 19.1 Å². The molecule has 3 nitrogen and oxygen atoms in total. The summed E-state index contributed by atoms with van der Waals surface area (Å²) in [7, 11) is 0. The van der Waals surface area contributed by atoms with E-state index in [1.54, 1.807) is 6.20 Å². The molecule has 0 amide bonds. The summed E-state index contributed by atoms with van der Waals surface area (Å²) >= 11 is 0. The lowest BCUT2D eigenvalue weighted by Crippen LogP contribution is -2.05. The molecule has 0 fully saturated rings. The number of ether oxygens (including phenoxy) is 1. The van der Waals surface area contributed by atoms with E-state index < -0.39 is 18.2 Å². The number of nitrogens with zero attached hydrogens (tertiary/aromatic N) is 1. The van der Waals surface area contributed by atoms with Crippen LogP contribution in [0, 0.1) is 12.7 Å². The minimum absolute atomic E-state index is 0.460. The molecule has 0 bridgehead atoms. The Morgan fingerprint density at radius 1 is 1.25 bits per heavy atom. The number of benzene rings is 1. The van der Waals surface area contributed by atoms with E-state index in [0.29, 0.717) is 12.2 Å². The molecule has 106 valence electrons.